The first kappa shape index (κ1) is 11.7. The number of nitrogen functional groups attached to an aromatic ring is 1. The molecule has 2 aromatic rings. The lowest BCUT2D eigenvalue weighted by molar-refractivity contribution is 0.0995. The number of nitrogens with one attached hydrogen (secondary N) is 1. The summed E-state index contributed by atoms with van der Waals surface area (Å²) in [6.45, 7) is 1.91. The summed E-state index contributed by atoms with van der Waals surface area (Å²) in [7, 11) is 0. The van der Waals surface area contributed by atoms with Gasteiger partial charge < -0.3 is 15.5 Å². The van der Waals surface area contributed by atoms with Crippen LogP contribution in [0.1, 0.15) is 16.1 Å². The molecule has 0 radical (unpaired) electrons. The van der Waals surface area contributed by atoms with Gasteiger partial charge >= 0.3 is 0 Å². The fourth-order valence-corrected chi connectivity index (χ4v) is 1.65. The third-order valence-electron chi connectivity index (χ3n) is 2.33. The van der Waals surface area contributed by atoms with E-state index in [0.717, 1.165) is 5.56 Å². The van der Waals surface area contributed by atoms with Crippen molar-refractivity contribution in [1.29, 1.82) is 0 Å². The summed E-state index contributed by atoms with van der Waals surface area (Å²) in [4.78, 5) is 11.8. The van der Waals surface area contributed by atoms with Gasteiger partial charge in [-0.3, -0.25) is 4.79 Å². The number of carbonyl (C=O) groups excluding carboxylic acids is 1. The maximum atomic E-state index is 11.8. The first-order valence-electron chi connectivity index (χ1n) is 4.99. The maximum absolute atomic E-state index is 11.8. The number of benzene rings is 1. The Morgan fingerprint density at radius 2 is 2.12 bits per heavy atom. The molecule has 0 aliphatic heterocycles. The van der Waals surface area contributed by atoms with Crippen LogP contribution in [0.5, 0.6) is 0 Å². The van der Waals surface area contributed by atoms with Gasteiger partial charge in [-0.1, -0.05) is 6.07 Å². The van der Waals surface area contributed by atoms with E-state index >= 15 is 0 Å². The van der Waals surface area contributed by atoms with Crippen LogP contribution in [0.25, 0.3) is 0 Å². The van der Waals surface area contributed by atoms with Gasteiger partial charge in [0.15, 0.2) is 10.4 Å². The standard InChI is InChI=1S/C12H11BrN2O2/c1-7-2-3-8(6-9(7)14)15-12(16)10-4-5-11(13)17-10/h2-6H,14H2,1H3,(H,15,16). The summed E-state index contributed by atoms with van der Waals surface area (Å²) in [6.07, 6.45) is 0. The zero-order valence-electron chi connectivity index (χ0n) is 9.16. The van der Waals surface area contributed by atoms with Crippen molar-refractivity contribution in [3.8, 4) is 0 Å². The van der Waals surface area contributed by atoms with Crippen LogP contribution < -0.4 is 11.1 Å². The highest BCUT2D eigenvalue weighted by Crippen LogP contribution is 2.19. The average Bonchev–Trinajstić information content (AvgIpc) is 2.70. The van der Waals surface area contributed by atoms with Crippen LogP contribution >= 0.6 is 15.9 Å². The van der Waals surface area contributed by atoms with Crippen LogP contribution in [0.3, 0.4) is 0 Å². The van der Waals surface area contributed by atoms with Crippen LogP contribution in [0.15, 0.2) is 39.4 Å². The van der Waals surface area contributed by atoms with E-state index < -0.39 is 0 Å². The minimum absolute atomic E-state index is 0.246. The van der Waals surface area contributed by atoms with Crippen LogP contribution in [0.4, 0.5) is 11.4 Å². The topological polar surface area (TPSA) is 68.3 Å². The van der Waals surface area contributed by atoms with Crippen molar-refractivity contribution in [2.24, 2.45) is 0 Å². The van der Waals surface area contributed by atoms with E-state index in [0.29, 0.717) is 16.0 Å². The van der Waals surface area contributed by atoms with Gasteiger partial charge in [-0.05, 0) is 52.7 Å². The molecule has 1 heterocycles. The Labute approximate surface area is 107 Å². The number of carbonyl (C=O) groups is 1. The quantitative estimate of drug-likeness (QED) is 0.836. The molecule has 17 heavy (non-hydrogen) atoms. The Morgan fingerprint density at radius 1 is 1.35 bits per heavy atom. The molecular formula is C12H11BrN2O2. The number of hydrogen-bond donors (Lipinski definition) is 2. The first-order chi connectivity index (χ1) is 8.06. The second kappa shape index (κ2) is 4.63. The predicted molar refractivity (Wildman–Crippen MR) is 70.0 cm³/mol. The van der Waals surface area contributed by atoms with Gasteiger partial charge in [-0.2, -0.15) is 0 Å². The van der Waals surface area contributed by atoms with E-state index in [1.807, 2.05) is 13.0 Å². The van der Waals surface area contributed by atoms with Crippen LogP contribution in [-0.2, 0) is 0 Å². The lowest BCUT2D eigenvalue weighted by Crippen LogP contribution is -2.11. The Bertz CT molecular complexity index is 563. The van der Waals surface area contributed by atoms with Gasteiger partial charge in [0.1, 0.15) is 0 Å². The predicted octanol–water partition coefficient (Wildman–Crippen LogP) is 3.19. The van der Waals surface area contributed by atoms with Crippen LogP contribution in [0, 0.1) is 6.92 Å². The molecule has 0 saturated heterocycles. The molecule has 0 bridgehead atoms. The van der Waals surface area contributed by atoms with Gasteiger partial charge in [0.2, 0.25) is 0 Å². The van der Waals surface area contributed by atoms with Gasteiger partial charge in [0.25, 0.3) is 5.91 Å². The number of rotatable bonds is 2. The molecule has 5 heteroatoms. The molecule has 0 atom stereocenters. The minimum Gasteiger partial charge on any atom is -0.444 e. The van der Waals surface area contributed by atoms with Crippen LogP contribution in [0.2, 0.25) is 0 Å². The Morgan fingerprint density at radius 3 is 2.71 bits per heavy atom. The molecular weight excluding hydrogens is 284 g/mol. The van der Waals surface area contributed by atoms with Crippen molar-refractivity contribution >= 4 is 33.2 Å². The minimum atomic E-state index is -0.307. The lowest BCUT2D eigenvalue weighted by Gasteiger charge is -2.05. The zero-order valence-corrected chi connectivity index (χ0v) is 10.7. The SMILES string of the molecule is Cc1ccc(NC(=O)c2ccc(Br)o2)cc1N. The van der Waals surface area contributed by atoms with Crippen molar-refractivity contribution in [3.05, 3.63) is 46.3 Å². The van der Waals surface area contributed by atoms with E-state index in [-0.39, 0.29) is 11.7 Å². The normalized spacial score (nSPS) is 10.2. The van der Waals surface area contributed by atoms with E-state index in [1.54, 1.807) is 24.3 Å². The van der Waals surface area contributed by atoms with Gasteiger partial charge in [-0.15, -0.1) is 0 Å². The van der Waals surface area contributed by atoms with Crippen molar-refractivity contribution in [1.82, 2.24) is 0 Å². The first-order valence-corrected chi connectivity index (χ1v) is 5.78. The number of furan rings is 1. The highest BCUT2D eigenvalue weighted by molar-refractivity contribution is 9.10. The van der Waals surface area contributed by atoms with Crippen molar-refractivity contribution < 1.29 is 9.21 Å². The van der Waals surface area contributed by atoms with Crippen molar-refractivity contribution in [2.45, 2.75) is 6.92 Å². The number of aryl methyl sites for hydroxylation is 1. The summed E-state index contributed by atoms with van der Waals surface area (Å²) >= 11 is 3.14. The number of amides is 1. The molecule has 0 aliphatic rings. The molecule has 4 nitrogen and oxygen atoms in total. The summed E-state index contributed by atoms with van der Waals surface area (Å²) in [5, 5.41) is 2.71. The number of hydrogen-bond acceptors (Lipinski definition) is 3. The third-order valence-corrected chi connectivity index (χ3v) is 2.76. The number of halogens is 1. The Balaban J connectivity index is 2.15. The molecule has 1 amide bonds. The third kappa shape index (κ3) is 2.68. The second-order valence-corrected chi connectivity index (χ2v) is 4.41. The molecule has 0 fully saturated rings. The van der Waals surface area contributed by atoms with Crippen molar-refractivity contribution in [3.63, 3.8) is 0 Å². The number of anilines is 2. The van der Waals surface area contributed by atoms with E-state index in [1.165, 1.54) is 0 Å². The molecule has 3 N–H and O–H groups in total. The monoisotopic (exact) mass is 294 g/mol. The van der Waals surface area contributed by atoms with Crippen molar-refractivity contribution in [2.75, 3.05) is 11.1 Å². The zero-order chi connectivity index (χ0) is 12.4. The number of nitrogens with two attached hydrogens (primary N) is 1. The summed E-state index contributed by atoms with van der Waals surface area (Å²) < 4.78 is 5.66. The maximum Gasteiger partial charge on any atom is 0.291 e. The van der Waals surface area contributed by atoms with Gasteiger partial charge in [0, 0.05) is 11.4 Å². The van der Waals surface area contributed by atoms with E-state index in [2.05, 4.69) is 21.2 Å². The Hall–Kier alpha value is -1.75. The highest BCUT2D eigenvalue weighted by Gasteiger charge is 2.10. The molecule has 0 unspecified atom stereocenters. The largest absolute Gasteiger partial charge is 0.444 e. The molecule has 88 valence electrons. The second-order valence-electron chi connectivity index (χ2n) is 3.63. The molecule has 0 spiro atoms. The fraction of sp³-hybridized carbons (Fsp3) is 0.0833. The molecule has 1 aromatic carbocycles. The van der Waals surface area contributed by atoms with Gasteiger partial charge in [-0.25, -0.2) is 0 Å². The highest BCUT2D eigenvalue weighted by atomic mass is 79.9. The average molecular weight is 295 g/mol. The van der Waals surface area contributed by atoms with E-state index in [9.17, 15) is 4.79 Å². The summed E-state index contributed by atoms with van der Waals surface area (Å²) in [5.74, 6) is -0.0602. The van der Waals surface area contributed by atoms with Crippen LogP contribution in [-0.4, -0.2) is 5.91 Å². The molecule has 1 aromatic heterocycles. The smallest absolute Gasteiger partial charge is 0.291 e. The molecule has 0 saturated carbocycles. The summed E-state index contributed by atoms with van der Waals surface area (Å²) in [6, 6.07) is 8.62. The fourth-order valence-electron chi connectivity index (χ4n) is 1.35. The summed E-state index contributed by atoms with van der Waals surface area (Å²) in [5.41, 5.74) is 8.02. The lowest BCUT2D eigenvalue weighted by atomic mass is 10.2. The van der Waals surface area contributed by atoms with Gasteiger partial charge in [0.05, 0.1) is 0 Å². The molecule has 0 aliphatic carbocycles. The molecule has 2 rings (SSSR count). The Kier molecular flexibility index (Phi) is 3.19. The van der Waals surface area contributed by atoms with E-state index in [4.69, 9.17) is 10.2 Å².